The molecule has 1 fully saturated rings. The molecular formula is C39H76N2. The first-order valence-corrected chi connectivity index (χ1v) is 18.9. The van der Waals surface area contributed by atoms with Crippen LogP contribution < -0.4 is 0 Å². The van der Waals surface area contributed by atoms with Crippen LogP contribution in [0.25, 0.3) is 0 Å². The lowest BCUT2D eigenvalue weighted by atomic mass is 9.89. The van der Waals surface area contributed by atoms with Crippen molar-refractivity contribution in [1.82, 2.24) is 10.0 Å². The topological polar surface area (TPSA) is 6.48 Å². The van der Waals surface area contributed by atoms with Crippen LogP contribution in [-0.4, -0.2) is 29.1 Å². The fourth-order valence-corrected chi connectivity index (χ4v) is 7.03. The van der Waals surface area contributed by atoms with Gasteiger partial charge < -0.3 is 5.01 Å². The van der Waals surface area contributed by atoms with Crippen molar-refractivity contribution in [3.8, 4) is 0 Å². The second-order valence-electron chi connectivity index (χ2n) is 13.8. The van der Waals surface area contributed by atoms with Crippen LogP contribution in [-0.2, 0) is 0 Å². The van der Waals surface area contributed by atoms with E-state index in [4.69, 9.17) is 0 Å². The zero-order valence-corrected chi connectivity index (χ0v) is 29.0. The van der Waals surface area contributed by atoms with Crippen LogP contribution in [0.3, 0.4) is 0 Å². The number of hydrogen-bond acceptors (Lipinski definition) is 2. The van der Waals surface area contributed by atoms with E-state index < -0.39 is 0 Å². The third-order valence-corrected chi connectivity index (χ3v) is 9.67. The molecule has 1 aliphatic rings. The van der Waals surface area contributed by atoms with Gasteiger partial charge in [-0.1, -0.05) is 161 Å². The largest absolute Gasteiger partial charge is 0.308 e. The van der Waals surface area contributed by atoms with Gasteiger partial charge in [0.2, 0.25) is 0 Å². The number of hydrazine groups is 1. The van der Waals surface area contributed by atoms with E-state index in [9.17, 15) is 0 Å². The molecule has 1 rings (SSSR count). The van der Waals surface area contributed by atoms with Crippen LogP contribution in [0, 0.1) is 5.92 Å². The van der Waals surface area contributed by atoms with Gasteiger partial charge in [0.1, 0.15) is 0 Å². The summed E-state index contributed by atoms with van der Waals surface area (Å²) in [5.74, 6) is 0.944. The molecule has 0 spiro atoms. The fraction of sp³-hybridized carbons (Fsp3) is 0.897. The van der Waals surface area contributed by atoms with Crippen LogP contribution in [0.2, 0.25) is 0 Å². The van der Waals surface area contributed by atoms with Gasteiger partial charge in [-0.25, -0.2) is 5.01 Å². The monoisotopic (exact) mass is 573 g/mol. The highest BCUT2D eigenvalue weighted by atomic mass is 15.6. The molecule has 242 valence electrons. The molecule has 1 saturated heterocycles. The number of hydrogen-bond donors (Lipinski definition) is 0. The number of unbranched alkanes of at least 4 members (excludes halogenated alkanes) is 14. The van der Waals surface area contributed by atoms with Crippen LogP contribution in [0.4, 0.5) is 0 Å². The van der Waals surface area contributed by atoms with Gasteiger partial charge in [-0.2, -0.15) is 0 Å². The summed E-state index contributed by atoms with van der Waals surface area (Å²) in [4.78, 5) is 0. The van der Waals surface area contributed by atoms with Gasteiger partial charge >= 0.3 is 0 Å². The summed E-state index contributed by atoms with van der Waals surface area (Å²) < 4.78 is 0. The molecule has 2 atom stereocenters. The third kappa shape index (κ3) is 19.9. The Kier molecular flexibility index (Phi) is 25.0. The Bertz CT molecular complexity index is 605. The van der Waals surface area contributed by atoms with Gasteiger partial charge in [0, 0.05) is 24.8 Å². The molecule has 0 saturated carbocycles. The molecule has 0 amide bonds. The van der Waals surface area contributed by atoms with Gasteiger partial charge in [0.25, 0.3) is 0 Å². The molecule has 2 unspecified atom stereocenters. The standard InChI is InChI=1S/C39H76N2/c1-7-10-13-14-15-19-23-30-39(41(36(4)5)40-34-25-26-35-40)31-24-20-17-16-18-22-27-37(6)32-33-38(28-12-9-3)29-21-11-8-2/h38-39H,4,6-35H2,1-3,5H3. The third-order valence-electron chi connectivity index (χ3n) is 9.67. The van der Waals surface area contributed by atoms with Crippen molar-refractivity contribution in [2.75, 3.05) is 13.1 Å². The van der Waals surface area contributed by atoms with E-state index in [0.29, 0.717) is 6.04 Å². The molecule has 2 heteroatoms. The average Bonchev–Trinajstić information content (AvgIpc) is 3.49. The Morgan fingerprint density at radius 2 is 1.02 bits per heavy atom. The Morgan fingerprint density at radius 1 is 0.561 bits per heavy atom. The van der Waals surface area contributed by atoms with Crippen molar-refractivity contribution in [1.29, 1.82) is 0 Å². The lowest BCUT2D eigenvalue weighted by Gasteiger charge is -2.41. The van der Waals surface area contributed by atoms with Crippen molar-refractivity contribution >= 4 is 0 Å². The van der Waals surface area contributed by atoms with Crippen LogP contribution >= 0.6 is 0 Å². The van der Waals surface area contributed by atoms with E-state index in [1.807, 2.05) is 0 Å². The summed E-state index contributed by atoms with van der Waals surface area (Å²) in [7, 11) is 0. The number of allylic oxidation sites excluding steroid dienone is 2. The summed E-state index contributed by atoms with van der Waals surface area (Å²) >= 11 is 0. The lowest BCUT2D eigenvalue weighted by Crippen LogP contribution is -2.46. The minimum atomic E-state index is 0.660. The quantitative estimate of drug-likeness (QED) is 0.0624. The van der Waals surface area contributed by atoms with Crippen molar-refractivity contribution < 1.29 is 0 Å². The van der Waals surface area contributed by atoms with Crippen LogP contribution in [0.5, 0.6) is 0 Å². The van der Waals surface area contributed by atoms with Crippen molar-refractivity contribution in [2.24, 2.45) is 5.92 Å². The van der Waals surface area contributed by atoms with Gasteiger partial charge in [0.15, 0.2) is 0 Å². The Balaban J connectivity index is 2.28. The first kappa shape index (κ1) is 38.3. The van der Waals surface area contributed by atoms with Crippen molar-refractivity contribution in [3.05, 3.63) is 24.4 Å². The molecule has 0 aromatic heterocycles. The van der Waals surface area contributed by atoms with Gasteiger partial charge in [-0.15, -0.1) is 0 Å². The van der Waals surface area contributed by atoms with E-state index >= 15 is 0 Å². The maximum atomic E-state index is 4.47. The lowest BCUT2D eigenvalue weighted by molar-refractivity contribution is -0.0148. The van der Waals surface area contributed by atoms with E-state index in [1.54, 1.807) is 0 Å². The highest BCUT2D eigenvalue weighted by molar-refractivity contribution is 4.94. The maximum absolute atomic E-state index is 4.47. The molecule has 1 aliphatic heterocycles. The predicted molar refractivity (Wildman–Crippen MR) is 186 cm³/mol. The van der Waals surface area contributed by atoms with Gasteiger partial charge in [-0.05, 0) is 64.2 Å². The van der Waals surface area contributed by atoms with Gasteiger partial charge in [0.05, 0.1) is 0 Å². The molecular weight excluding hydrogens is 496 g/mol. The molecule has 2 nitrogen and oxygen atoms in total. The first-order chi connectivity index (χ1) is 20.0. The summed E-state index contributed by atoms with van der Waals surface area (Å²) in [6.07, 6.45) is 37.3. The summed E-state index contributed by atoms with van der Waals surface area (Å²) in [5.41, 5.74) is 2.79. The van der Waals surface area contributed by atoms with E-state index in [1.165, 1.54) is 198 Å². The second kappa shape index (κ2) is 26.8. The molecule has 0 aromatic carbocycles. The zero-order chi connectivity index (χ0) is 30.0. The smallest absolute Gasteiger partial charge is 0.0453 e. The van der Waals surface area contributed by atoms with Crippen molar-refractivity contribution in [3.63, 3.8) is 0 Å². The summed E-state index contributed by atoms with van der Waals surface area (Å²) in [5, 5.41) is 5.25. The molecule has 1 heterocycles. The van der Waals surface area contributed by atoms with Crippen LogP contribution in [0.15, 0.2) is 24.4 Å². The van der Waals surface area contributed by atoms with Gasteiger partial charge in [-0.3, -0.25) is 0 Å². The summed E-state index contributed by atoms with van der Waals surface area (Å²) in [6.45, 7) is 20.6. The molecule has 0 bridgehead atoms. The molecule has 0 radical (unpaired) electrons. The number of nitrogens with zero attached hydrogens (tertiary/aromatic N) is 2. The molecule has 0 N–H and O–H groups in total. The minimum Gasteiger partial charge on any atom is -0.308 e. The molecule has 0 aromatic rings. The van der Waals surface area contributed by atoms with Crippen LogP contribution in [0.1, 0.15) is 201 Å². The number of rotatable bonds is 30. The summed E-state index contributed by atoms with van der Waals surface area (Å²) in [6, 6.07) is 0.660. The fourth-order valence-electron chi connectivity index (χ4n) is 7.03. The highest BCUT2D eigenvalue weighted by Gasteiger charge is 2.26. The Labute approximate surface area is 260 Å². The van der Waals surface area contributed by atoms with E-state index in [-0.39, 0.29) is 0 Å². The van der Waals surface area contributed by atoms with Crippen molar-refractivity contribution in [2.45, 2.75) is 207 Å². The molecule has 41 heavy (non-hydrogen) atoms. The van der Waals surface area contributed by atoms with E-state index in [0.717, 1.165) is 5.92 Å². The van der Waals surface area contributed by atoms with E-state index in [2.05, 4.69) is 50.9 Å². The Morgan fingerprint density at radius 3 is 1.59 bits per heavy atom. The SMILES string of the molecule is C=C(CCCCCCCCC(CCCCCCCCC)N(C(=C)C)N1CCCC1)CCC(CCCC)CCCCC. The average molecular weight is 573 g/mol. The first-order valence-electron chi connectivity index (χ1n) is 18.9. The zero-order valence-electron chi connectivity index (χ0n) is 29.0. The maximum Gasteiger partial charge on any atom is 0.0453 e. The molecule has 0 aliphatic carbocycles. The highest BCUT2D eigenvalue weighted by Crippen LogP contribution is 2.27. The minimum absolute atomic E-state index is 0.660. The second-order valence-corrected chi connectivity index (χ2v) is 13.8. The predicted octanol–water partition coefficient (Wildman–Crippen LogP) is 13.2. The Hall–Kier alpha value is -0.760. The normalized spacial score (nSPS) is 15.3.